The Morgan fingerprint density at radius 2 is 2.31 bits per heavy atom. The molecule has 16 heavy (non-hydrogen) atoms. The molecule has 5 nitrogen and oxygen atoms in total. The van der Waals surface area contributed by atoms with Crippen LogP contribution < -0.4 is 5.32 Å². The summed E-state index contributed by atoms with van der Waals surface area (Å²) in [4.78, 5) is 15.5. The lowest BCUT2D eigenvalue weighted by Gasteiger charge is -2.18. The Morgan fingerprint density at radius 1 is 1.62 bits per heavy atom. The van der Waals surface area contributed by atoms with Crippen molar-refractivity contribution in [3.8, 4) is 0 Å². The molecule has 1 N–H and O–H groups in total. The normalized spacial score (nSPS) is 12.6. The number of aromatic nitrogens is 2. The number of imidazole rings is 1. The minimum absolute atomic E-state index is 0.0567. The maximum atomic E-state index is 11.5. The molecule has 1 amide bonds. The van der Waals surface area contributed by atoms with Gasteiger partial charge >= 0.3 is 6.09 Å². The highest BCUT2D eigenvalue weighted by Crippen LogP contribution is 2.15. The number of hydrogen-bond acceptors (Lipinski definition) is 3. The first-order valence-electron chi connectivity index (χ1n) is 5.48. The van der Waals surface area contributed by atoms with Gasteiger partial charge in [-0.3, -0.25) is 0 Å². The van der Waals surface area contributed by atoms with Crippen LogP contribution in [0.4, 0.5) is 4.79 Å². The standard InChI is InChI=1S/C11H19N3O2/c1-5-9(10-6-12-7-14(10)4)13-11(15)16-8(2)3/h6-9H,5H2,1-4H3,(H,13,15). The number of amides is 1. The van der Waals surface area contributed by atoms with Gasteiger partial charge in [-0.15, -0.1) is 0 Å². The van der Waals surface area contributed by atoms with Crippen LogP contribution in [0, 0.1) is 0 Å². The highest BCUT2D eigenvalue weighted by atomic mass is 16.6. The molecule has 90 valence electrons. The van der Waals surface area contributed by atoms with Crippen molar-refractivity contribution in [3.05, 3.63) is 18.2 Å². The highest BCUT2D eigenvalue weighted by molar-refractivity contribution is 5.67. The fraction of sp³-hybridized carbons (Fsp3) is 0.636. The van der Waals surface area contributed by atoms with Crippen LogP contribution in [0.5, 0.6) is 0 Å². The number of aryl methyl sites for hydroxylation is 1. The third-order valence-corrected chi connectivity index (χ3v) is 2.25. The van der Waals surface area contributed by atoms with E-state index in [1.165, 1.54) is 0 Å². The van der Waals surface area contributed by atoms with Crippen molar-refractivity contribution in [2.75, 3.05) is 0 Å². The molecular weight excluding hydrogens is 206 g/mol. The van der Waals surface area contributed by atoms with Gasteiger partial charge in [0.15, 0.2) is 0 Å². The van der Waals surface area contributed by atoms with Crippen LogP contribution in [0.3, 0.4) is 0 Å². The van der Waals surface area contributed by atoms with E-state index >= 15 is 0 Å². The van der Waals surface area contributed by atoms with Crippen molar-refractivity contribution in [1.82, 2.24) is 14.9 Å². The first-order chi connectivity index (χ1) is 7.54. The molecule has 0 aliphatic heterocycles. The number of nitrogens with one attached hydrogen (secondary N) is 1. The molecule has 1 unspecified atom stereocenters. The first kappa shape index (κ1) is 12.5. The van der Waals surface area contributed by atoms with Crippen molar-refractivity contribution in [1.29, 1.82) is 0 Å². The van der Waals surface area contributed by atoms with Crippen LogP contribution in [0.25, 0.3) is 0 Å². The van der Waals surface area contributed by atoms with Gasteiger partial charge in [0.2, 0.25) is 0 Å². The summed E-state index contributed by atoms with van der Waals surface area (Å²) in [5.74, 6) is 0. The zero-order chi connectivity index (χ0) is 12.1. The van der Waals surface area contributed by atoms with Crippen molar-refractivity contribution >= 4 is 6.09 Å². The molecule has 0 aliphatic rings. The van der Waals surface area contributed by atoms with Crippen LogP contribution in [-0.2, 0) is 11.8 Å². The predicted molar refractivity (Wildman–Crippen MR) is 61.0 cm³/mol. The molecular formula is C11H19N3O2. The van der Waals surface area contributed by atoms with Gasteiger partial charge in [-0.2, -0.15) is 0 Å². The van der Waals surface area contributed by atoms with Crippen LogP contribution >= 0.6 is 0 Å². The molecule has 1 rings (SSSR count). The van der Waals surface area contributed by atoms with Gasteiger partial charge in [0, 0.05) is 7.05 Å². The van der Waals surface area contributed by atoms with Gasteiger partial charge in [-0.1, -0.05) is 6.92 Å². The molecule has 0 saturated carbocycles. The number of carbonyl (C=O) groups excluding carboxylic acids is 1. The summed E-state index contributed by atoms with van der Waals surface area (Å²) in [5.41, 5.74) is 0.975. The Bertz CT molecular complexity index is 347. The SMILES string of the molecule is CCC(NC(=O)OC(C)C)c1cncn1C. The molecule has 0 aromatic carbocycles. The largest absolute Gasteiger partial charge is 0.447 e. The molecule has 1 atom stereocenters. The molecule has 0 aliphatic carbocycles. The summed E-state index contributed by atoms with van der Waals surface area (Å²) >= 11 is 0. The lowest BCUT2D eigenvalue weighted by Crippen LogP contribution is -2.31. The number of rotatable bonds is 4. The van der Waals surface area contributed by atoms with E-state index in [9.17, 15) is 4.79 Å². The second-order valence-electron chi connectivity index (χ2n) is 3.99. The van der Waals surface area contributed by atoms with E-state index in [1.54, 1.807) is 12.5 Å². The summed E-state index contributed by atoms with van der Waals surface area (Å²) in [6, 6.07) is -0.0567. The van der Waals surface area contributed by atoms with E-state index < -0.39 is 0 Å². The number of hydrogen-bond donors (Lipinski definition) is 1. The molecule has 0 radical (unpaired) electrons. The second-order valence-corrected chi connectivity index (χ2v) is 3.99. The smallest absolute Gasteiger partial charge is 0.407 e. The van der Waals surface area contributed by atoms with Gasteiger partial charge in [0.25, 0.3) is 0 Å². The Hall–Kier alpha value is -1.52. The minimum atomic E-state index is -0.386. The molecule has 1 aromatic heterocycles. The summed E-state index contributed by atoms with van der Waals surface area (Å²) < 4.78 is 6.93. The summed E-state index contributed by atoms with van der Waals surface area (Å²) in [6.07, 6.45) is 3.77. The monoisotopic (exact) mass is 225 g/mol. The topological polar surface area (TPSA) is 56.1 Å². The summed E-state index contributed by atoms with van der Waals surface area (Å²) in [5, 5.41) is 2.82. The average molecular weight is 225 g/mol. The lowest BCUT2D eigenvalue weighted by atomic mass is 10.2. The van der Waals surface area contributed by atoms with Gasteiger partial charge in [0.1, 0.15) is 0 Å². The van der Waals surface area contributed by atoms with E-state index in [0.29, 0.717) is 0 Å². The fourth-order valence-corrected chi connectivity index (χ4v) is 1.48. The van der Waals surface area contributed by atoms with Crippen LogP contribution in [0.1, 0.15) is 38.9 Å². The van der Waals surface area contributed by atoms with Gasteiger partial charge in [-0.25, -0.2) is 9.78 Å². The van der Waals surface area contributed by atoms with Crippen molar-refractivity contribution in [2.45, 2.75) is 39.3 Å². The van der Waals surface area contributed by atoms with Crippen LogP contribution in [0.2, 0.25) is 0 Å². The lowest BCUT2D eigenvalue weighted by molar-refractivity contribution is 0.111. The van der Waals surface area contributed by atoms with Crippen molar-refractivity contribution < 1.29 is 9.53 Å². The predicted octanol–water partition coefficient (Wildman–Crippen LogP) is 2.01. The van der Waals surface area contributed by atoms with Gasteiger partial charge in [-0.05, 0) is 20.3 Å². The molecule has 5 heteroatoms. The molecule has 1 aromatic rings. The minimum Gasteiger partial charge on any atom is -0.447 e. The molecule has 0 saturated heterocycles. The van der Waals surface area contributed by atoms with E-state index in [-0.39, 0.29) is 18.2 Å². The molecule has 0 bridgehead atoms. The van der Waals surface area contributed by atoms with E-state index in [4.69, 9.17) is 4.74 Å². The average Bonchev–Trinajstić information content (AvgIpc) is 2.60. The second kappa shape index (κ2) is 5.53. The highest BCUT2D eigenvalue weighted by Gasteiger charge is 2.16. The zero-order valence-electron chi connectivity index (χ0n) is 10.2. The molecule has 0 spiro atoms. The van der Waals surface area contributed by atoms with E-state index in [2.05, 4.69) is 10.3 Å². The summed E-state index contributed by atoms with van der Waals surface area (Å²) in [7, 11) is 1.90. The summed E-state index contributed by atoms with van der Waals surface area (Å²) in [6.45, 7) is 5.66. The van der Waals surface area contributed by atoms with Crippen molar-refractivity contribution in [3.63, 3.8) is 0 Å². The van der Waals surface area contributed by atoms with E-state index in [1.807, 2.05) is 32.4 Å². The molecule has 0 fully saturated rings. The van der Waals surface area contributed by atoms with Gasteiger partial charge < -0.3 is 14.6 Å². The fourth-order valence-electron chi connectivity index (χ4n) is 1.48. The van der Waals surface area contributed by atoms with Crippen LogP contribution in [-0.4, -0.2) is 21.7 Å². The Kier molecular flexibility index (Phi) is 4.34. The Balaban J connectivity index is 2.63. The number of nitrogens with zero attached hydrogens (tertiary/aromatic N) is 2. The Morgan fingerprint density at radius 3 is 2.75 bits per heavy atom. The number of carbonyl (C=O) groups is 1. The maximum Gasteiger partial charge on any atom is 0.407 e. The number of ether oxygens (including phenoxy) is 1. The molecule has 1 heterocycles. The number of alkyl carbamates (subject to hydrolysis) is 1. The first-order valence-corrected chi connectivity index (χ1v) is 5.48. The van der Waals surface area contributed by atoms with E-state index in [0.717, 1.165) is 12.1 Å². The third-order valence-electron chi connectivity index (χ3n) is 2.25. The van der Waals surface area contributed by atoms with Gasteiger partial charge in [0.05, 0.1) is 30.4 Å². The quantitative estimate of drug-likeness (QED) is 0.852. The van der Waals surface area contributed by atoms with Crippen molar-refractivity contribution in [2.24, 2.45) is 7.05 Å². The van der Waals surface area contributed by atoms with Crippen LogP contribution in [0.15, 0.2) is 12.5 Å². The maximum absolute atomic E-state index is 11.5. The zero-order valence-corrected chi connectivity index (χ0v) is 10.2. The Labute approximate surface area is 95.8 Å². The third kappa shape index (κ3) is 3.25.